The Morgan fingerprint density at radius 2 is 1.76 bits per heavy atom. The summed E-state index contributed by atoms with van der Waals surface area (Å²) in [6, 6.07) is 15.1. The van der Waals surface area contributed by atoms with Gasteiger partial charge in [-0.15, -0.1) is 0 Å². The molecule has 3 aromatic rings. The molecule has 0 aliphatic carbocycles. The molecule has 0 atom stereocenters. The number of hydrogen-bond donors (Lipinski definition) is 1. The quantitative estimate of drug-likeness (QED) is 0.744. The molecule has 21 heavy (non-hydrogen) atoms. The number of aromatic hydroxyl groups is 1. The molecule has 1 N–H and O–H groups in total. The fourth-order valence-corrected chi connectivity index (χ4v) is 2.26. The molecule has 2 nitrogen and oxygen atoms in total. The van der Waals surface area contributed by atoms with Gasteiger partial charge in [-0.05, 0) is 47.2 Å². The van der Waals surface area contributed by atoms with Crippen molar-refractivity contribution in [3.63, 3.8) is 0 Å². The Bertz CT molecular complexity index is 802. The van der Waals surface area contributed by atoms with Crippen LogP contribution in [0, 0.1) is 5.82 Å². The summed E-state index contributed by atoms with van der Waals surface area (Å²) in [5, 5.41) is 11.7. The van der Waals surface area contributed by atoms with Gasteiger partial charge in [-0.3, -0.25) is 0 Å². The molecule has 0 heterocycles. The second-order valence-corrected chi connectivity index (χ2v) is 5.15. The van der Waals surface area contributed by atoms with E-state index in [2.05, 4.69) is 0 Å². The maximum Gasteiger partial charge on any atom is 0.131 e. The van der Waals surface area contributed by atoms with Crippen molar-refractivity contribution in [1.29, 1.82) is 0 Å². The van der Waals surface area contributed by atoms with Crippen LogP contribution in [0.25, 0.3) is 10.8 Å². The lowest BCUT2D eigenvalue weighted by Crippen LogP contribution is -1.98. The van der Waals surface area contributed by atoms with Crippen LogP contribution < -0.4 is 4.74 Å². The number of fused-ring (bicyclic) bond motifs is 1. The van der Waals surface area contributed by atoms with Crippen molar-refractivity contribution in [3.8, 4) is 11.5 Å². The minimum absolute atomic E-state index is 0.118. The van der Waals surface area contributed by atoms with E-state index in [1.807, 2.05) is 24.3 Å². The first kappa shape index (κ1) is 13.7. The van der Waals surface area contributed by atoms with Crippen molar-refractivity contribution in [3.05, 3.63) is 71.0 Å². The molecule has 0 spiro atoms. The molecule has 3 rings (SSSR count). The molecule has 0 amide bonds. The Morgan fingerprint density at radius 3 is 2.57 bits per heavy atom. The van der Waals surface area contributed by atoms with Crippen molar-refractivity contribution in [1.82, 2.24) is 0 Å². The number of phenolic OH excluding ortho intramolecular Hbond substituents is 1. The highest BCUT2D eigenvalue weighted by molar-refractivity contribution is 6.30. The van der Waals surface area contributed by atoms with Crippen LogP contribution in [-0.4, -0.2) is 5.11 Å². The van der Waals surface area contributed by atoms with E-state index in [0.29, 0.717) is 16.3 Å². The lowest BCUT2D eigenvalue weighted by atomic mass is 10.1. The molecule has 0 radical (unpaired) electrons. The number of rotatable bonds is 3. The predicted molar refractivity (Wildman–Crippen MR) is 81.4 cm³/mol. The molecule has 0 saturated heterocycles. The predicted octanol–water partition coefficient (Wildman–Crippen LogP) is 4.92. The number of ether oxygens (including phenoxy) is 1. The van der Waals surface area contributed by atoms with E-state index in [4.69, 9.17) is 16.3 Å². The summed E-state index contributed by atoms with van der Waals surface area (Å²) >= 11 is 5.71. The normalized spacial score (nSPS) is 10.8. The monoisotopic (exact) mass is 302 g/mol. The van der Waals surface area contributed by atoms with Crippen molar-refractivity contribution in [2.24, 2.45) is 0 Å². The third-order valence-corrected chi connectivity index (χ3v) is 3.44. The Hall–Kier alpha value is -2.26. The highest BCUT2D eigenvalue weighted by Gasteiger charge is 2.05. The van der Waals surface area contributed by atoms with Gasteiger partial charge >= 0.3 is 0 Å². The molecule has 0 fully saturated rings. The van der Waals surface area contributed by atoms with Gasteiger partial charge in [0.25, 0.3) is 0 Å². The smallest absolute Gasteiger partial charge is 0.131 e. The third-order valence-electron chi connectivity index (χ3n) is 3.20. The molecular formula is C17H12ClFO2. The molecule has 106 valence electrons. The average Bonchev–Trinajstić information content (AvgIpc) is 2.46. The summed E-state index contributed by atoms with van der Waals surface area (Å²) in [7, 11) is 0. The summed E-state index contributed by atoms with van der Waals surface area (Å²) in [6.07, 6.45) is 0. The Labute approximate surface area is 126 Å². The lowest BCUT2D eigenvalue weighted by Gasteiger charge is -2.08. The first-order valence-electron chi connectivity index (χ1n) is 6.41. The molecule has 0 aliphatic heterocycles. The van der Waals surface area contributed by atoms with Crippen LogP contribution in [0.2, 0.25) is 5.02 Å². The Morgan fingerprint density at radius 1 is 0.952 bits per heavy atom. The fourth-order valence-electron chi connectivity index (χ4n) is 2.10. The van der Waals surface area contributed by atoms with Gasteiger partial charge in [0.2, 0.25) is 0 Å². The minimum Gasteiger partial charge on any atom is -0.508 e. The summed E-state index contributed by atoms with van der Waals surface area (Å²) in [4.78, 5) is 0. The van der Waals surface area contributed by atoms with Crippen LogP contribution in [-0.2, 0) is 6.61 Å². The van der Waals surface area contributed by atoms with E-state index in [1.165, 1.54) is 6.07 Å². The standard InChI is InChI=1S/C17H12ClFO2/c18-14-4-1-12(17(19)9-14)10-21-16-6-3-11-2-5-15(20)7-13(11)8-16/h1-9,20H,10H2. The van der Waals surface area contributed by atoms with Gasteiger partial charge in [0.05, 0.1) is 0 Å². The zero-order chi connectivity index (χ0) is 14.8. The van der Waals surface area contributed by atoms with E-state index in [1.54, 1.807) is 24.3 Å². The van der Waals surface area contributed by atoms with Gasteiger partial charge in [0.15, 0.2) is 0 Å². The molecule has 4 heteroatoms. The van der Waals surface area contributed by atoms with E-state index in [9.17, 15) is 9.50 Å². The van der Waals surface area contributed by atoms with Crippen LogP contribution >= 0.6 is 11.6 Å². The fraction of sp³-hybridized carbons (Fsp3) is 0.0588. The second kappa shape index (κ2) is 5.62. The van der Waals surface area contributed by atoms with Crippen LogP contribution in [0.15, 0.2) is 54.6 Å². The molecular weight excluding hydrogens is 291 g/mol. The summed E-state index contributed by atoms with van der Waals surface area (Å²) in [5.41, 5.74) is 0.440. The summed E-state index contributed by atoms with van der Waals surface area (Å²) in [5.74, 6) is 0.423. The third kappa shape index (κ3) is 3.09. The number of benzene rings is 3. The zero-order valence-corrected chi connectivity index (χ0v) is 11.8. The lowest BCUT2D eigenvalue weighted by molar-refractivity contribution is 0.300. The van der Waals surface area contributed by atoms with Crippen LogP contribution in [0.5, 0.6) is 11.5 Å². The molecule has 0 saturated carbocycles. The van der Waals surface area contributed by atoms with Crippen molar-refractivity contribution in [2.45, 2.75) is 6.61 Å². The molecule has 3 aromatic carbocycles. The Balaban J connectivity index is 1.81. The van der Waals surface area contributed by atoms with Crippen LogP contribution in [0.3, 0.4) is 0 Å². The highest BCUT2D eigenvalue weighted by Crippen LogP contribution is 2.25. The maximum absolute atomic E-state index is 13.7. The Kier molecular flexibility index (Phi) is 3.67. The largest absolute Gasteiger partial charge is 0.508 e. The van der Waals surface area contributed by atoms with Crippen molar-refractivity contribution < 1.29 is 14.2 Å². The number of halogens is 2. The van der Waals surface area contributed by atoms with Crippen LogP contribution in [0.1, 0.15) is 5.56 Å². The van der Waals surface area contributed by atoms with Crippen LogP contribution in [0.4, 0.5) is 4.39 Å². The van der Waals surface area contributed by atoms with Gasteiger partial charge in [-0.1, -0.05) is 29.8 Å². The van der Waals surface area contributed by atoms with E-state index >= 15 is 0 Å². The number of hydrogen-bond acceptors (Lipinski definition) is 2. The van der Waals surface area contributed by atoms with Gasteiger partial charge < -0.3 is 9.84 Å². The van der Waals surface area contributed by atoms with Gasteiger partial charge in [0, 0.05) is 10.6 Å². The van der Waals surface area contributed by atoms with E-state index < -0.39 is 0 Å². The number of phenols is 1. The van der Waals surface area contributed by atoms with Crippen molar-refractivity contribution >= 4 is 22.4 Å². The van der Waals surface area contributed by atoms with Crippen molar-refractivity contribution in [2.75, 3.05) is 0 Å². The first-order chi connectivity index (χ1) is 10.1. The van der Waals surface area contributed by atoms with Gasteiger partial charge in [-0.2, -0.15) is 0 Å². The SMILES string of the molecule is Oc1ccc2ccc(OCc3ccc(Cl)cc3F)cc2c1. The van der Waals surface area contributed by atoms with E-state index in [-0.39, 0.29) is 18.2 Å². The molecule has 0 aliphatic rings. The molecule has 0 unspecified atom stereocenters. The topological polar surface area (TPSA) is 29.5 Å². The maximum atomic E-state index is 13.7. The minimum atomic E-state index is -0.388. The van der Waals surface area contributed by atoms with Gasteiger partial charge in [0.1, 0.15) is 23.9 Å². The second-order valence-electron chi connectivity index (χ2n) is 4.72. The molecule has 0 aromatic heterocycles. The molecule has 0 bridgehead atoms. The summed E-state index contributed by atoms with van der Waals surface area (Å²) < 4.78 is 19.3. The zero-order valence-electron chi connectivity index (χ0n) is 11.0. The summed E-state index contributed by atoms with van der Waals surface area (Å²) in [6.45, 7) is 0.118. The first-order valence-corrected chi connectivity index (χ1v) is 6.79. The van der Waals surface area contributed by atoms with E-state index in [0.717, 1.165) is 10.8 Å². The average molecular weight is 303 g/mol. The highest BCUT2D eigenvalue weighted by atomic mass is 35.5. The van der Waals surface area contributed by atoms with Gasteiger partial charge in [-0.25, -0.2) is 4.39 Å².